The van der Waals surface area contributed by atoms with Crippen molar-refractivity contribution in [3.63, 3.8) is 0 Å². The Hall–Kier alpha value is -1.01. The number of imidazole rings is 1. The molecule has 0 spiro atoms. The van der Waals surface area contributed by atoms with Crippen molar-refractivity contribution in [3.05, 3.63) is 11.9 Å². The van der Waals surface area contributed by atoms with Crippen molar-refractivity contribution in [2.75, 3.05) is 25.9 Å². The largest absolute Gasteiger partial charge is 0.350 e. The molecule has 1 unspecified atom stereocenters. The lowest BCUT2D eigenvalue weighted by atomic mass is 9.81. The summed E-state index contributed by atoms with van der Waals surface area (Å²) in [6.07, 6.45) is 5.91. The Labute approximate surface area is 131 Å². The number of rotatable bonds is 5. The third-order valence-corrected chi connectivity index (χ3v) is 5.17. The molecule has 1 aliphatic rings. The van der Waals surface area contributed by atoms with Gasteiger partial charge in [-0.05, 0) is 39.1 Å². The highest BCUT2D eigenvalue weighted by molar-refractivity contribution is 7.98. The Bertz CT molecular complexity index is 502. The first-order valence-electron chi connectivity index (χ1n) is 7.55. The van der Waals surface area contributed by atoms with E-state index in [9.17, 15) is 4.79 Å². The van der Waals surface area contributed by atoms with Crippen molar-refractivity contribution in [3.8, 4) is 0 Å². The lowest BCUT2D eigenvalue weighted by molar-refractivity contribution is -0.133. The van der Waals surface area contributed by atoms with Crippen LogP contribution in [0.5, 0.6) is 0 Å². The number of amides is 1. The van der Waals surface area contributed by atoms with Gasteiger partial charge in [-0.1, -0.05) is 18.7 Å². The zero-order valence-electron chi connectivity index (χ0n) is 13.5. The topological polar surface area (TPSA) is 50.2 Å². The van der Waals surface area contributed by atoms with Crippen LogP contribution in [0.4, 0.5) is 0 Å². The second kappa shape index (κ2) is 6.83. The van der Waals surface area contributed by atoms with Gasteiger partial charge < -0.3 is 14.8 Å². The number of hydrogen-bond donors (Lipinski definition) is 1. The molecule has 1 fully saturated rings. The third-order valence-electron chi connectivity index (χ3n) is 4.43. The second-order valence-corrected chi connectivity index (χ2v) is 6.78. The molecule has 1 aliphatic heterocycles. The van der Waals surface area contributed by atoms with Gasteiger partial charge in [-0.2, -0.15) is 0 Å². The van der Waals surface area contributed by atoms with Crippen molar-refractivity contribution in [1.82, 2.24) is 19.8 Å². The zero-order valence-corrected chi connectivity index (χ0v) is 14.3. The fraction of sp³-hybridized carbons (Fsp3) is 0.733. The molecule has 2 rings (SSSR count). The number of nitrogens with one attached hydrogen (secondary N) is 1. The van der Waals surface area contributed by atoms with Crippen LogP contribution in [0, 0.1) is 5.41 Å². The Morgan fingerprint density at radius 2 is 2.33 bits per heavy atom. The van der Waals surface area contributed by atoms with Gasteiger partial charge in [0.15, 0.2) is 5.16 Å². The SMILES string of the molecule is CCN1CCCC(C)(C(=O)NCc2cnc(SC)n2C)C1. The van der Waals surface area contributed by atoms with E-state index in [1.807, 2.05) is 24.1 Å². The van der Waals surface area contributed by atoms with E-state index in [2.05, 4.69) is 29.0 Å². The fourth-order valence-electron chi connectivity index (χ4n) is 2.96. The molecular formula is C15H26N4OS. The molecule has 0 radical (unpaired) electrons. The molecule has 21 heavy (non-hydrogen) atoms. The summed E-state index contributed by atoms with van der Waals surface area (Å²) in [6, 6.07) is 0. The summed E-state index contributed by atoms with van der Waals surface area (Å²) in [5, 5.41) is 4.07. The minimum Gasteiger partial charge on any atom is -0.350 e. The number of carbonyl (C=O) groups excluding carboxylic acids is 1. The van der Waals surface area contributed by atoms with Crippen molar-refractivity contribution < 1.29 is 4.79 Å². The highest BCUT2D eigenvalue weighted by atomic mass is 32.2. The molecule has 1 aromatic rings. The molecule has 1 aromatic heterocycles. The van der Waals surface area contributed by atoms with E-state index < -0.39 is 0 Å². The first kappa shape index (κ1) is 16.4. The maximum Gasteiger partial charge on any atom is 0.227 e. The minimum atomic E-state index is -0.269. The van der Waals surface area contributed by atoms with Crippen molar-refractivity contribution in [1.29, 1.82) is 0 Å². The minimum absolute atomic E-state index is 0.160. The van der Waals surface area contributed by atoms with Gasteiger partial charge in [0.2, 0.25) is 5.91 Å². The average molecular weight is 310 g/mol. The highest BCUT2D eigenvalue weighted by Crippen LogP contribution is 2.29. The molecule has 0 aromatic carbocycles. The summed E-state index contributed by atoms with van der Waals surface area (Å²) < 4.78 is 2.03. The quantitative estimate of drug-likeness (QED) is 0.844. The van der Waals surface area contributed by atoms with Gasteiger partial charge >= 0.3 is 0 Å². The summed E-state index contributed by atoms with van der Waals surface area (Å²) in [5.41, 5.74) is 0.773. The van der Waals surface area contributed by atoms with Crippen LogP contribution in [-0.4, -0.2) is 46.2 Å². The number of thioether (sulfide) groups is 1. The van der Waals surface area contributed by atoms with E-state index in [1.54, 1.807) is 11.8 Å². The van der Waals surface area contributed by atoms with Gasteiger partial charge in [0.25, 0.3) is 0 Å². The first-order chi connectivity index (χ1) is 10.00. The number of carbonyl (C=O) groups is 1. The third kappa shape index (κ3) is 3.61. The molecule has 118 valence electrons. The normalized spacial score (nSPS) is 23.2. The Morgan fingerprint density at radius 3 is 2.95 bits per heavy atom. The maximum atomic E-state index is 12.6. The van der Waals surface area contributed by atoms with Crippen molar-refractivity contribution in [2.24, 2.45) is 12.5 Å². The van der Waals surface area contributed by atoms with Gasteiger partial charge in [0.1, 0.15) is 0 Å². The summed E-state index contributed by atoms with van der Waals surface area (Å²) in [6.45, 7) is 7.77. The van der Waals surface area contributed by atoms with Crippen LogP contribution in [-0.2, 0) is 18.4 Å². The van der Waals surface area contributed by atoms with Crippen molar-refractivity contribution in [2.45, 2.75) is 38.4 Å². The van der Waals surface area contributed by atoms with Gasteiger partial charge in [0, 0.05) is 13.6 Å². The molecule has 1 atom stereocenters. The Kier molecular flexibility index (Phi) is 5.32. The average Bonchev–Trinajstić information content (AvgIpc) is 2.85. The summed E-state index contributed by atoms with van der Waals surface area (Å²) in [7, 11) is 1.99. The van der Waals surface area contributed by atoms with Crippen LogP contribution in [0.25, 0.3) is 0 Å². The van der Waals surface area contributed by atoms with Crippen LogP contribution < -0.4 is 5.32 Å². The van der Waals surface area contributed by atoms with Crippen molar-refractivity contribution >= 4 is 17.7 Å². The molecule has 0 aliphatic carbocycles. The number of hydrogen-bond acceptors (Lipinski definition) is 4. The second-order valence-electron chi connectivity index (χ2n) is 6.01. The standard InChI is InChI=1S/C15H26N4OS/c1-5-19-8-6-7-15(2,11-19)13(20)16-9-12-10-17-14(21-4)18(12)3/h10H,5-9,11H2,1-4H3,(H,16,20). The fourth-order valence-corrected chi connectivity index (χ4v) is 3.51. The van der Waals surface area contributed by atoms with Gasteiger partial charge in [-0.15, -0.1) is 0 Å². The van der Waals surface area contributed by atoms with E-state index in [1.165, 1.54) is 0 Å². The van der Waals surface area contributed by atoms with Crippen LogP contribution in [0.3, 0.4) is 0 Å². The van der Waals surface area contributed by atoms with E-state index in [4.69, 9.17) is 0 Å². The molecule has 1 N–H and O–H groups in total. The zero-order chi connectivity index (χ0) is 15.5. The number of aromatic nitrogens is 2. The maximum absolute atomic E-state index is 12.6. The van der Waals surface area contributed by atoms with Gasteiger partial charge in [-0.3, -0.25) is 4.79 Å². The Morgan fingerprint density at radius 1 is 1.57 bits per heavy atom. The smallest absolute Gasteiger partial charge is 0.227 e. The highest BCUT2D eigenvalue weighted by Gasteiger charge is 2.37. The molecule has 1 amide bonds. The van der Waals surface area contributed by atoms with Crippen LogP contribution in [0.15, 0.2) is 11.4 Å². The summed E-state index contributed by atoms with van der Waals surface area (Å²) in [5.74, 6) is 0.160. The van der Waals surface area contributed by atoms with Gasteiger partial charge in [-0.25, -0.2) is 4.98 Å². The van der Waals surface area contributed by atoms with Crippen LogP contribution >= 0.6 is 11.8 Å². The van der Waals surface area contributed by atoms with E-state index in [0.717, 1.165) is 43.3 Å². The monoisotopic (exact) mass is 310 g/mol. The van der Waals surface area contributed by atoms with Crippen LogP contribution in [0.1, 0.15) is 32.4 Å². The van der Waals surface area contributed by atoms with E-state index in [-0.39, 0.29) is 11.3 Å². The molecule has 5 nitrogen and oxygen atoms in total. The number of nitrogens with zero attached hydrogens (tertiary/aromatic N) is 3. The number of piperidine rings is 1. The predicted molar refractivity (Wildman–Crippen MR) is 86.3 cm³/mol. The van der Waals surface area contributed by atoms with Crippen LogP contribution in [0.2, 0.25) is 0 Å². The lowest BCUT2D eigenvalue weighted by Crippen LogP contribution is -2.50. The van der Waals surface area contributed by atoms with Gasteiger partial charge in [0.05, 0.1) is 23.9 Å². The summed E-state index contributed by atoms with van der Waals surface area (Å²) in [4.78, 5) is 19.3. The first-order valence-corrected chi connectivity index (χ1v) is 8.78. The van der Waals surface area contributed by atoms with E-state index in [0.29, 0.717) is 6.54 Å². The molecule has 1 saturated heterocycles. The predicted octanol–water partition coefficient (Wildman–Crippen LogP) is 1.88. The molecule has 2 heterocycles. The molecule has 0 saturated carbocycles. The Balaban J connectivity index is 1.96. The van der Waals surface area contributed by atoms with E-state index >= 15 is 0 Å². The summed E-state index contributed by atoms with van der Waals surface area (Å²) >= 11 is 1.61. The molecule has 0 bridgehead atoms. The molecule has 6 heteroatoms. The number of likely N-dealkylation sites (tertiary alicyclic amines) is 1. The molecular weight excluding hydrogens is 284 g/mol. The lowest BCUT2D eigenvalue weighted by Gasteiger charge is -2.38.